The molecule has 0 spiro atoms. The molecule has 3 aromatic rings. The third kappa shape index (κ3) is 2.56. The van der Waals surface area contributed by atoms with E-state index in [1.165, 1.54) is 0 Å². The van der Waals surface area contributed by atoms with E-state index in [0.717, 1.165) is 50.8 Å². The molecule has 4 nitrogen and oxygen atoms in total. The number of nitrogens with one attached hydrogen (secondary N) is 1. The fraction of sp³-hybridized carbons (Fsp3) is 0.211. The van der Waals surface area contributed by atoms with Gasteiger partial charge in [-0.2, -0.15) is 0 Å². The van der Waals surface area contributed by atoms with E-state index >= 15 is 0 Å². The van der Waals surface area contributed by atoms with Crippen LogP contribution in [0.15, 0.2) is 53.5 Å². The van der Waals surface area contributed by atoms with Gasteiger partial charge < -0.3 is 15.2 Å². The van der Waals surface area contributed by atoms with Crippen LogP contribution in [0.1, 0.15) is 22.1 Å². The molecule has 0 saturated carbocycles. The molecular weight excluding hydrogens is 320 g/mol. The van der Waals surface area contributed by atoms with Crippen LogP contribution in [0, 0.1) is 0 Å². The Morgan fingerprint density at radius 2 is 1.96 bits per heavy atom. The van der Waals surface area contributed by atoms with Crippen molar-refractivity contribution in [3.63, 3.8) is 0 Å². The van der Waals surface area contributed by atoms with Crippen LogP contribution < -0.4 is 10.1 Å². The van der Waals surface area contributed by atoms with Gasteiger partial charge in [-0.3, -0.25) is 4.99 Å². The van der Waals surface area contributed by atoms with Crippen LogP contribution in [0.2, 0.25) is 0 Å². The summed E-state index contributed by atoms with van der Waals surface area (Å²) in [6.07, 6.45) is -0.702. The van der Waals surface area contributed by atoms with Crippen molar-refractivity contribution in [3.8, 4) is 5.75 Å². The highest BCUT2D eigenvalue weighted by Gasteiger charge is 2.24. The van der Waals surface area contributed by atoms with Gasteiger partial charge in [0.25, 0.3) is 0 Å². The first kappa shape index (κ1) is 15.2. The normalized spacial score (nSPS) is 15.2. The van der Waals surface area contributed by atoms with E-state index < -0.39 is 6.10 Å². The number of fused-ring (bicyclic) bond motifs is 1. The third-order valence-electron chi connectivity index (χ3n) is 4.23. The van der Waals surface area contributed by atoms with Gasteiger partial charge in [-0.15, -0.1) is 11.3 Å². The molecule has 0 aliphatic carbocycles. The first-order valence-electron chi connectivity index (χ1n) is 7.90. The fourth-order valence-corrected chi connectivity index (χ4v) is 4.24. The van der Waals surface area contributed by atoms with Gasteiger partial charge in [0.15, 0.2) is 0 Å². The molecule has 2 N–H and O–H groups in total. The lowest BCUT2D eigenvalue weighted by atomic mass is 9.98. The predicted molar refractivity (Wildman–Crippen MR) is 98.3 cm³/mol. The van der Waals surface area contributed by atoms with Gasteiger partial charge in [-0.1, -0.05) is 30.3 Å². The zero-order valence-electron chi connectivity index (χ0n) is 13.3. The van der Waals surface area contributed by atoms with Crippen molar-refractivity contribution in [3.05, 3.63) is 64.5 Å². The van der Waals surface area contributed by atoms with Crippen molar-refractivity contribution in [2.45, 2.75) is 6.10 Å². The first-order chi connectivity index (χ1) is 11.8. The molecule has 5 heteroatoms. The Kier molecular flexibility index (Phi) is 3.96. The van der Waals surface area contributed by atoms with E-state index in [0.29, 0.717) is 0 Å². The number of ether oxygens (including phenoxy) is 1. The number of nitrogens with zero attached hydrogens (tertiary/aromatic N) is 1. The SMILES string of the molecule is COc1ccc(C(O)c2c(C3=NCCN3)sc3ccccc23)cc1. The van der Waals surface area contributed by atoms with E-state index in [4.69, 9.17) is 4.74 Å². The third-order valence-corrected chi connectivity index (χ3v) is 5.42. The molecule has 0 saturated heterocycles. The average molecular weight is 338 g/mol. The van der Waals surface area contributed by atoms with E-state index in [-0.39, 0.29) is 0 Å². The second-order valence-electron chi connectivity index (χ2n) is 5.67. The standard InChI is InChI=1S/C19H18N2O2S/c1-23-13-8-6-12(7-9-13)17(22)16-14-4-2-3-5-15(14)24-18(16)19-20-10-11-21-19/h2-9,17,22H,10-11H2,1H3,(H,20,21). The van der Waals surface area contributed by atoms with E-state index in [1.54, 1.807) is 18.4 Å². The second kappa shape index (κ2) is 6.26. The lowest BCUT2D eigenvalue weighted by Gasteiger charge is -2.14. The fourth-order valence-electron chi connectivity index (χ4n) is 3.02. The summed E-state index contributed by atoms with van der Waals surface area (Å²) in [6, 6.07) is 15.7. The molecule has 2 aromatic carbocycles. The van der Waals surface area contributed by atoms with Gasteiger partial charge >= 0.3 is 0 Å². The van der Waals surface area contributed by atoms with Crippen LogP contribution in [0.25, 0.3) is 10.1 Å². The van der Waals surface area contributed by atoms with Gasteiger partial charge in [0.2, 0.25) is 0 Å². The summed E-state index contributed by atoms with van der Waals surface area (Å²) in [6.45, 7) is 1.63. The van der Waals surface area contributed by atoms with Gasteiger partial charge in [0.05, 0.1) is 18.5 Å². The highest BCUT2D eigenvalue weighted by atomic mass is 32.1. The molecule has 0 fully saturated rings. The van der Waals surface area contributed by atoms with Crippen LogP contribution in [0.3, 0.4) is 0 Å². The number of aliphatic imine (C=N–C) groups is 1. The molecule has 2 heterocycles. The highest BCUT2D eigenvalue weighted by Crippen LogP contribution is 2.38. The zero-order chi connectivity index (χ0) is 16.5. The maximum absolute atomic E-state index is 11.1. The van der Waals surface area contributed by atoms with Crippen LogP contribution in [-0.2, 0) is 0 Å². The van der Waals surface area contributed by atoms with Crippen LogP contribution in [0.5, 0.6) is 5.75 Å². The maximum atomic E-state index is 11.1. The number of benzene rings is 2. The Bertz CT molecular complexity index is 899. The zero-order valence-corrected chi connectivity index (χ0v) is 14.1. The Hall–Kier alpha value is -2.37. The highest BCUT2D eigenvalue weighted by molar-refractivity contribution is 7.21. The average Bonchev–Trinajstić information content (AvgIpc) is 3.28. The largest absolute Gasteiger partial charge is 0.497 e. The molecule has 1 unspecified atom stereocenters. The lowest BCUT2D eigenvalue weighted by Crippen LogP contribution is -2.20. The minimum Gasteiger partial charge on any atom is -0.497 e. The monoisotopic (exact) mass is 338 g/mol. The summed E-state index contributed by atoms with van der Waals surface area (Å²) in [5.41, 5.74) is 1.77. The van der Waals surface area contributed by atoms with E-state index in [2.05, 4.69) is 22.4 Å². The molecule has 4 rings (SSSR count). The Morgan fingerprint density at radius 1 is 1.17 bits per heavy atom. The van der Waals surface area contributed by atoms with Crippen molar-refractivity contribution < 1.29 is 9.84 Å². The van der Waals surface area contributed by atoms with E-state index in [9.17, 15) is 5.11 Å². The van der Waals surface area contributed by atoms with Crippen molar-refractivity contribution >= 4 is 27.3 Å². The number of amidine groups is 1. The van der Waals surface area contributed by atoms with Crippen molar-refractivity contribution in [2.75, 3.05) is 20.2 Å². The Labute approximate surface area is 144 Å². The summed E-state index contributed by atoms with van der Waals surface area (Å²) in [5, 5.41) is 15.5. The summed E-state index contributed by atoms with van der Waals surface area (Å²) in [4.78, 5) is 5.58. The molecule has 1 atom stereocenters. The molecule has 1 aliphatic rings. The van der Waals surface area contributed by atoms with Gasteiger partial charge in [0, 0.05) is 16.8 Å². The molecule has 122 valence electrons. The lowest BCUT2D eigenvalue weighted by molar-refractivity contribution is 0.222. The number of hydrogen-bond donors (Lipinski definition) is 2. The van der Waals surface area contributed by atoms with Crippen LogP contribution in [0.4, 0.5) is 0 Å². The molecule has 24 heavy (non-hydrogen) atoms. The van der Waals surface area contributed by atoms with Crippen molar-refractivity contribution in [2.24, 2.45) is 4.99 Å². The summed E-state index contributed by atoms with van der Waals surface area (Å²) < 4.78 is 6.36. The Balaban J connectivity index is 1.85. The number of aliphatic hydroxyl groups is 1. The van der Waals surface area contributed by atoms with Crippen molar-refractivity contribution in [1.29, 1.82) is 0 Å². The molecular formula is C19H18N2O2S. The number of aliphatic hydroxyl groups excluding tert-OH is 1. The number of hydrogen-bond acceptors (Lipinski definition) is 5. The minimum atomic E-state index is -0.702. The summed E-state index contributed by atoms with van der Waals surface area (Å²) >= 11 is 1.67. The van der Waals surface area contributed by atoms with Crippen LogP contribution in [-0.4, -0.2) is 31.1 Å². The van der Waals surface area contributed by atoms with Crippen LogP contribution >= 0.6 is 11.3 Å². The maximum Gasteiger partial charge on any atom is 0.139 e. The summed E-state index contributed by atoms with van der Waals surface area (Å²) in [5.74, 6) is 1.67. The summed E-state index contributed by atoms with van der Waals surface area (Å²) in [7, 11) is 1.64. The molecule has 0 bridgehead atoms. The van der Waals surface area contributed by atoms with Gasteiger partial charge in [-0.05, 0) is 29.1 Å². The Morgan fingerprint density at radius 3 is 2.67 bits per heavy atom. The molecule has 0 amide bonds. The first-order valence-corrected chi connectivity index (χ1v) is 8.71. The van der Waals surface area contributed by atoms with Crippen molar-refractivity contribution in [1.82, 2.24) is 5.32 Å². The number of methoxy groups -OCH3 is 1. The van der Waals surface area contributed by atoms with Gasteiger partial charge in [0.1, 0.15) is 17.7 Å². The molecule has 1 aromatic heterocycles. The second-order valence-corrected chi connectivity index (χ2v) is 6.73. The number of rotatable bonds is 4. The van der Waals surface area contributed by atoms with E-state index in [1.807, 2.05) is 36.4 Å². The number of thiophene rings is 1. The minimum absolute atomic E-state index is 0.702. The smallest absolute Gasteiger partial charge is 0.139 e. The topological polar surface area (TPSA) is 53.9 Å². The van der Waals surface area contributed by atoms with Gasteiger partial charge in [-0.25, -0.2) is 0 Å². The quantitative estimate of drug-likeness (QED) is 0.767. The molecule has 0 radical (unpaired) electrons. The predicted octanol–water partition coefficient (Wildman–Crippen LogP) is 3.34. The molecule has 1 aliphatic heterocycles.